The molecule has 28 heavy (non-hydrogen) atoms. The van der Waals surface area contributed by atoms with E-state index in [1.807, 2.05) is 0 Å². The summed E-state index contributed by atoms with van der Waals surface area (Å²) >= 11 is 1.77. The van der Waals surface area contributed by atoms with E-state index in [4.69, 9.17) is 4.74 Å². The molecule has 0 N–H and O–H groups in total. The number of benzene rings is 1. The number of nitrogens with zero attached hydrogens (tertiary/aromatic N) is 3. The lowest BCUT2D eigenvalue weighted by Crippen LogP contribution is -2.46. The van der Waals surface area contributed by atoms with E-state index >= 15 is 0 Å². The lowest BCUT2D eigenvalue weighted by atomic mass is 10.1. The normalized spacial score (nSPS) is 22.8. The molecular weight excluding hydrogens is 391 g/mol. The quantitative estimate of drug-likeness (QED) is 0.752. The second-order valence-corrected chi connectivity index (χ2v) is 8.36. The van der Waals surface area contributed by atoms with Gasteiger partial charge >= 0.3 is 6.18 Å². The summed E-state index contributed by atoms with van der Waals surface area (Å²) in [5.41, 5.74) is 0.561. The Morgan fingerprint density at radius 3 is 2.82 bits per heavy atom. The lowest BCUT2D eigenvalue weighted by molar-refractivity contribution is -0.148. The minimum atomic E-state index is -4.62. The topological polar surface area (TPSA) is 47.4 Å². The molecule has 0 bridgehead atoms. The molecule has 2 aromatic rings. The fourth-order valence-electron chi connectivity index (χ4n) is 3.91. The second-order valence-electron chi connectivity index (χ2n) is 7.21. The number of fused-ring (bicyclic) bond motifs is 1. The maximum atomic E-state index is 13.5. The summed E-state index contributed by atoms with van der Waals surface area (Å²) in [6.07, 6.45) is -1.96. The van der Waals surface area contributed by atoms with E-state index in [1.54, 1.807) is 34.9 Å². The second kappa shape index (κ2) is 7.94. The first-order valence-corrected chi connectivity index (χ1v) is 10.6. The molecular formula is C19H22F3N3O2S. The van der Waals surface area contributed by atoms with Crippen LogP contribution in [-0.2, 0) is 22.3 Å². The SMILES string of the molecule is O=C(Cn1c(C(F)(F)F)nc2ccccc21)N(CC1CCCO1)C1CCSC1. The zero-order chi connectivity index (χ0) is 19.7. The molecule has 0 aliphatic carbocycles. The summed E-state index contributed by atoms with van der Waals surface area (Å²) in [6, 6.07) is 6.44. The predicted octanol–water partition coefficient (Wildman–Crippen LogP) is 3.57. The van der Waals surface area contributed by atoms with E-state index in [-0.39, 0.29) is 30.1 Å². The van der Waals surface area contributed by atoms with Gasteiger partial charge in [0, 0.05) is 24.9 Å². The molecule has 2 fully saturated rings. The first-order valence-electron chi connectivity index (χ1n) is 9.45. The van der Waals surface area contributed by atoms with Crippen molar-refractivity contribution in [3.63, 3.8) is 0 Å². The van der Waals surface area contributed by atoms with Crippen molar-refractivity contribution in [2.75, 3.05) is 24.7 Å². The highest BCUT2D eigenvalue weighted by Crippen LogP contribution is 2.32. The number of ether oxygens (including phenoxy) is 1. The van der Waals surface area contributed by atoms with Gasteiger partial charge < -0.3 is 14.2 Å². The third-order valence-electron chi connectivity index (χ3n) is 5.29. The Balaban J connectivity index is 1.63. The molecule has 3 heterocycles. The van der Waals surface area contributed by atoms with Crippen molar-refractivity contribution in [1.29, 1.82) is 0 Å². The fourth-order valence-corrected chi connectivity index (χ4v) is 5.13. The molecule has 2 unspecified atom stereocenters. The van der Waals surface area contributed by atoms with Gasteiger partial charge in [-0.2, -0.15) is 24.9 Å². The van der Waals surface area contributed by atoms with Gasteiger partial charge in [-0.1, -0.05) is 12.1 Å². The third kappa shape index (κ3) is 4.00. The van der Waals surface area contributed by atoms with Crippen molar-refractivity contribution in [3.8, 4) is 0 Å². The van der Waals surface area contributed by atoms with Crippen molar-refractivity contribution >= 4 is 28.7 Å². The molecule has 152 valence electrons. The first-order chi connectivity index (χ1) is 13.4. The van der Waals surface area contributed by atoms with E-state index in [0.717, 1.165) is 35.3 Å². The molecule has 2 atom stereocenters. The van der Waals surface area contributed by atoms with Crippen LogP contribution in [0.5, 0.6) is 0 Å². The van der Waals surface area contributed by atoms with Crippen LogP contribution in [0.3, 0.4) is 0 Å². The van der Waals surface area contributed by atoms with Gasteiger partial charge in [0.05, 0.1) is 17.1 Å². The van der Waals surface area contributed by atoms with Gasteiger partial charge in [0.1, 0.15) is 6.54 Å². The summed E-state index contributed by atoms with van der Waals surface area (Å²) < 4.78 is 47.3. The standard InChI is InChI=1S/C19H22F3N3O2S/c20-19(21,22)18-23-15-5-1-2-6-16(15)25(18)11-17(26)24(13-7-9-28-12-13)10-14-4-3-8-27-14/h1-2,5-6,13-14H,3-4,7-12H2. The highest BCUT2D eigenvalue weighted by atomic mass is 32.2. The van der Waals surface area contributed by atoms with Gasteiger partial charge in [0.2, 0.25) is 11.7 Å². The van der Waals surface area contributed by atoms with Crippen LogP contribution in [0.2, 0.25) is 0 Å². The largest absolute Gasteiger partial charge is 0.449 e. The Morgan fingerprint density at radius 1 is 1.32 bits per heavy atom. The highest BCUT2D eigenvalue weighted by Gasteiger charge is 2.39. The first kappa shape index (κ1) is 19.6. The van der Waals surface area contributed by atoms with Crippen LogP contribution in [0.1, 0.15) is 25.1 Å². The zero-order valence-electron chi connectivity index (χ0n) is 15.3. The number of para-hydroxylation sites is 2. The molecule has 1 amide bonds. The van der Waals surface area contributed by atoms with E-state index < -0.39 is 12.0 Å². The van der Waals surface area contributed by atoms with E-state index in [2.05, 4.69) is 4.98 Å². The monoisotopic (exact) mass is 413 g/mol. The third-order valence-corrected chi connectivity index (χ3v) is 6.44. The average molecular weight is 413 g/mol. The fraction of sp³-hybridized carbons (Fsp3) is 0.579. The summed E-state index contributed by atoms with van der Waals surface area (Å²) in [7, 11) is 0. The number of thioether (sulfide) groups is 1. The van der Waals surface area contributed by atoms with Gasteiger partial charge in [0.15, 0.2) is 0 Å². The van der Waals surface area contributed by atoms with Crippen molar-refractivity contribution in [2.24, 2.45) is 0 Å². The van der Waals surface area contributed by atoms with Crippen LogP contribution in [-0.4, -0.2) is 57.2 Å². The molecule has 4 rings (SSSR count). The Labute approximate surface area is 165 Å². The smallest absolute Gasteiger partial charge is 0.376 e. The van der Waals surface area contributed by atoms with Crippen LogP contribution < -0.4 is 0 Å². The minimum Gasteiger partial charge on any atom is -0.376 e. The number of alkyl halides is 3. The van der Waals surface area contributed by atoms with Gasteiger partial charge in [-0.25, -0.2) is 4.98 Å². The number of imidazole rings is 1. The summed E-state index contributed by atoms with van der Waals surface area (Å²) in [5, 5.41) is 0. The number of halogens is 3. The predicted molar refractivity (Wildman–Crippen MR) is 101 cm³/mol. The molecule has 2 aliphatic heterocycles. The van der Waals surface area contributed by atoms with Crippen molar-refractivity contribution in [2.45, 2.75) is 44.1 Å². The molecule has 1 aromatic carbocycles. The molecule has 0 saturated carbocycles. The van der Waals surface area contributed by atoms with E-state index in [1.165, 1.54) is 6.07 Å². The van der Waals surface area contributed by atoms with Crippen LogP contribution in [0.25, 0.3) is 11.0 Å². The minimum absolute atomic E-state index is 0.0313. The van der Waals surface area contributed by atoms with Crippen molar-refractivity contribution in [3.05, 3.63) is 30.1 Å². The maximum absolute atomic E-state index is 13.5. The number of carbonyl (C=O) groups is 1. The lowest BCUT2D eigenvalue weighted by Gasteiger charge is -2.31. The van der Waals surface area contributed by atoms with Crippen LogP contribution in [0.15, 0.2) is 24.3 Å². The highest BCUT2D eigenvalue weighted by molar-refractivity contribution is 7.99. The van der Waals surface area contributed by atoms with Gasteiger partial charge in [-0.3, -0.25) is 4.79 Å². The van der Waals surface area contributed by atoms with Crippen LogP contribution in [0.4, 0.5) is 13.2 Å². The summed E-state index contributed by atoms with van der Waals surface area (Å²) in [4.78, 5) is 18.6. The van der Waals surface area contributed by atoms with Crippen LogP contribution >= 0.6 is 11.8 Å². The van der Waals surface area contributed by atoms with Gasteiger partial charge in [-0.05, 0) is 37.1 Å². The molecule has 5 nitrogen and oxygen atoms in total. The number of carbonyl (C=O) groups excluding carboxylic acids is 1. The molecule has 2 aliphatic rings. The van der Waals surface area contributed by atoms with Crippen molar-refractivity contribution in [1.82, 2.24) is 14.5 Å². The zero-order valence-corrected chi connectivity index (χ0v) is 16.1. The Morgan fingerprint density at radius 2 is 2.14 bits per heavy atom. The Kier molecular flexibility index (Phi) is 5.55. The van der Waals surface area contributed by atoms with Crippen molar-refractivity contribution < 1.29 is 22.7 Å². The summed E-state index contributed by atoms with van der Waals surface area (Å²) in [5.74, 6) is 0.438. The molecule has 1 aromatic heterocycles. The van der Waals surface area contributed by atoms with E-state index in [0.29, 0.717) is 18.7 Å². The number of hydrogen-bond donors (Lipinski definition) is 0. The number of hydrogen-bond acceptors (Lipinski definition) is 4. The Hall–Kier alpha value is -1.74. The number of amides is 1. The maximum Gasteiger partial charge on any atom is 0.449 e. The summed E-state index contributed by atoms with van der Waals surface area (Å²) in [6.45, 7) is 0.748. The number of aromatic nitrogens is 2. The molecule has 0 spiro atoms. The molecule has 9 heteroatoms. The molecule has 0 radical (unpaired) electrons. The van der Waals surface area contributed by atoms with E-state index in [9.17, 15) is 18.0 Å². The molecule has 2 saturated heterocycles. The average Bonchev–Trinajstić information content (AvgIpc) is 3.40. The number of rotatable bonds is 5. The van der Waals surface area contributed by atoms with Gasteiger partial charge in [-0.15, -0.1) is 0 Å². The van der Waals surface area contributed by atoms with Gasteiger partial charge in [0.25, 0.3) is 0 Å². The van der Waals surface area contributed by atoms with Crippen LogP contribution in [0, 0.1) is 0 Å². The Bertz CT molecular complexity index is 843.